The molecule has 0 bridgehead atoms. The number of carbonyl (C=O) groups is 2. The van der Waals surface area contributed by atoms with Crippen LogP contribution in [0.3, 0.4) is 0 Å². The largest absolute Gasteiger partial charge is 0.354 e. The summed E-state index contributed by atoms with van der Waals surface area (Å²) in [5.74, 6) is -0.822. The van der Waals surface area contributed by atoms with E-state index in [9.17, 15) is 14.0 Å². The number of hydrogen-bond donors (Lipinski definition) is 2. The fourth-order valence-electron chi connectivity index (χ4n) is 2.91. The molecule has 1 aliphatic heterocycles. The normalized spacial score (nSPS) is 17.2. The predicted molar refractivity (Wildman–Crippen MR) is 90.7 cm³/mol. The van der Waals surface area contributed by atoms with Gasteiger partial charge in [-0.05, 0) is 29.8 Å². The highest BCUT2D eigenvalue weighted by Gasteiger charge is 2.29. The Hall–Kier alpha value is -2.80. The zero-order chi connectivity index (χ0) is 17.8. The first-order valence-corrected chi connectivity index (χ1v) is 8.05. The number of pyridine rings is 1. The minimum Gasteiger partial charge on any atom is -0.354 e. The fraction of sp³-hybridized carbons (Fsp3) is 0.278. The zero-order valence-electron chi connectivity index (χ0n) is 13.8. The van der Waals surface area contributed by atoms with E-state index in [1.165, 1.54) is 31.4 Å². The van der Waals surface area contributed by atoms with Crippen molar-refractivity contribution in [3.05, 3.63) is 65.2 Å². The second kappa shape index (κ2) is 7.40. The van der Waals surface area contributed by atoms with Gasteiger partial charge in [-0.15, -0.1) is 0 Å². The molecule has 0 aliphatic carbocycles. The highest BCUT2D eigenvalue weighted by Crippen LogP contribution is 2.24. The van der Waals surface area contributed by atoms with Crippen LogP contribution in [0.15, 0.2) is 42.6 Å². The third-order valence-electron chi connectivity index (χ3n) is 4.21. The molecule has 1 aromatic heterocycles. The van der Waals surface area contributed by atoms with E-state index < -0.39 is 0 Å². The predicted octanol–water partition coefficient (Wildman–Crippen LogP) is 1.37. The van der Waals surface area contributed by atoms with Crippen LogP contribution in [-0.4, -0.2) is 48.4 Å². The van der Waals surface area contributed by atoms with Gasteiger partial charge in [-0.2, -0.15) is 0 Å². The van der Waals surface area contributed by atoms with Crippen molar-refractivity contribution in [2.45, 2.75) is 6.04 Å². The maximum Gasteiger partial charge on any atom is 0.269 e. The highest BCUT2D eigenvalue weighted by molar-refractivity contribution is 5.96. The van der Waals surface area contributed by atoms with Crippen LogP contribution in [0, 0.1) is 5.82 Å². The summed E-state index contributed by atoms with van der Waals surface area (Å²) in [4.78, 5) is 30.2. The summed E-state index contributed by atoms with van der Waals surface area (Å²) >= 11 is 0. The van der Waals surface area contributed by atoms with Gasteiger partial charge in [0.05, 0.1) is 11.6 Å². The van der Waals surface area contributed by atoms with Crippen molar-refractivity contribution in [2.24, 2.45) is 0 Å². The summed E-state index contributed by atoms with van der Waals surface area (Å²) in [6, 6.07) is 9.14. The molecule has 130 valence electrons. The molecule has 2 heterocycles. The summed E-state index contributed by atoms with van der Waals surface area (Å²) < 4.78 is 13.6. The van der Waals surface area contributed by atoms with Crippen molar-refractivity contribution in [2.75, 3.05) is 26.7 Å². The van der Waals surface area contributed by atoms with Crippen molar-refractivity contribution in [1.82, 2.24) is 20.5 Å². The number of hydrogen-bond acceptors (Lipinski definition) is 4. The van der Waals surface area contributed by atoms with Crippen LogP contribution in [0.2, 0.25) is 0 Å². The van der Waals surface area contributed by atoms with Crippen molar-refractivity contribution in [3.63, 3.8) is 0 Å². The van der Waals surface area contributed by atoms with Gasteiger partial charge in [0.25, 0.3) is 11.8 Å². The molecule has 1 atom stereocenters. The first kappa shape index (κ1) is 17.0. The summed E-state index contributed by atoms with van der Waals surface area (Å²) in [7, 11) is 1.52. The molecule has 2 N–H and O–H groups in total. The second-order valence-electron chi connectivity index (χ2n) is 5.78. The van der Waals surface area contributed by atoms with Crippen LogP contribution < -0.4 is 10.6 Å². The van der Waals surface area contributed by atoms with Gasteiger partial charge in [-0.25, -0.2) is 4.39 Å². The van der Waals surface area contributed by atoms with E-state index in [0.29, 0.717) is 25.2 Å². The van der Waals surface area contributed by atoms with Gasteiger partial charge in [0.2, 0.25) is 0 Å². The maximum absolute atomic E-state index is 13.6. The van der Waals surface area contributed by atoms with Crippen LogP contribution in [0.5, 0.6) is 0 Å². The number of nitrogens with zero attached hydrogens (tertiary/aromatic N) is 2. The number of rotatable bonds is 3. The van der Waals surface area contributed by atoms with Crippen LogP contribution in [0.1, 0.15) is 32.5 Å². The SMILES string of the molecule is CNC(=O)c1ccc(C(=O)N2CCNCC2c2cccc(F)c2)cn1. The molecule has 25 heavy (non-hydrogen) atoms. The lowest BCUT2D eigenvalue weighted by molar-refractivity contribution is 0.0633. The first-order valence-electron chi connectivity index (χ1n) is 8.05. The van der Waals surface area contributed by atoms with Crippen molar-refractivity contribution < 1.29 is 14.0 Å². The van der Waals surface area contributed by atoms with E-state index in [4.69, 9.17) is 0 Å². The Morgan fingerprint density at radius 3 is 2.84 bits per heavy atom. The van der Waals surface area contributed by atoms with Crippen LogP contribution in [-0.2, 0) is 0 Å². The molecule has 7 heteroatoms. The minimum absolute atomic E-state index is 0.188. The smallest absolute Gasteiger partial charge is 0.269 e. The van der Waals surface area contributed by atoms with E-state index >= 15 is 0 Å². The number of amides is 2. The number of halogens is 1. The van der Waals surface area contributed by atoms with E-state index in [2.05, 4.69) is 15.6 Å². The molecule has 1 saturated heterocycles. The Morgan fingerprint density at radius 2 is 2.16 bits per heavy atom. The lowest BCUT2D eigenvalue weighted by Gasteiger charge is -2.36. The molecule has 1 aliphatic rings. The quantitative estimate of drug-likeness (QED) is 0.883. The Labute approximate surface area is 145 Å². The molecular weight excluding hydrogens is 323 g/mol. The molecule has 1 fully saturated rings. The van der Waals surface area contributed by atoms with E-state index in [1.807, 2.05) is 6.07 Å². The molecule has 0 spiro atoms. The average molecular weight is 342 g/mol. The monoisotopic (exact) mass is 342 g/mol. The third kappa shape index (κ3) is 3.66. The summed E-state index contributed by atoms with van der Waals surface area (Å²) in [6.45, 7) is 1.73. The maximum atomic E-state index is 13.6. The Morgan fingerprint density at radius 1 is 1.32 bits per heavy atom. The molecule has 3 rings (SSSR count). The zero-order valence-corrected chi connectivity index (χ0v) is 13.8. The average Bonchev–Trinajstić information content (AvgIpc) is 2.67. The second-order valence-corrected chi connectivity index (χ2v) is 5.78. The number of aromatic nitrogens is 1. The number of benzene rings is 1. The number of carbonyl (C=O) groups excluding carboxylic acids is 2. The van der Waals surface area contributed by atoms with Crippen LogP contribution >= 0.6 is 0 Å². The van der Waals surface area contributed by atoms with Gasteiger partial charge >= 0.3 is 0 Å². The van der Waals surface area contributed by atoms with E-state index in [-0.39, 0.29) is 29.4 Å². The van der Waals surface area contributed by atoms with E-state index in [0.717, 1.165) is 5.56 Å². The number of piperazine rings is 1. The van der Waals surface area contributed by atoms with Crippen LogP contribution in [0.4, 0.5) is 4.39 Å². The molecule has 0 radical (unpaired) electrons. The van der Waals surface area contributed by atoms with Crippen LogP contribution in [0.25, 0.3) is 0 Å². The van der Waals surface area contributed by atoms with Gasteiger partial charge in [-0.3, -0.25) is 14.6 Å². The lowest BCUT2D eigenvalue weighted by atomic mass is 10.0. The molecule has 1 aromatic carbocycles. The van der Waals surface area contributed by atoms with Gasteiger partial charge in [0.15, 0.2) is 0 Å². The molecule has 0 saturated carbocycles. The topological polar surface area (TPSA) is 74.3 Å². The lowest BCUT2D eigenvalue weighted by Crippen LogP contribution is -2.48. The van der Waals surface area contributed by atoms with Crippen molar-refractivity contribution in [1.29, 1.82) is 0 Å². The molecule has 2 aromatic rings. The molecule has 2 amide bonds. The summed E-state index contributed by atoms with van der Waals surface area (Å²) in [6.07, 6.45) is 1.40. The van der Waals surface area contributed by atoms with Gasteiger partial charge in [0, 0.05) is 32.9 Å². The Kier molecular flexibility index (Phi) is 5.04. The Bertz CT molecular complexity index is 779. The van der Waals surface area contributed by atoms with Gasteiger partial charge < -0.3 is 15.5 Å². The van der Waals surface area contributed by atoms with Crippen molar-refractivity contribution in [3.8, 4) is 0 Å². The summed E-state index contributed by atoms with van der Waals surface area (Å²) in [5.41, 5.74) is 1.40. The van der Waals surface area contributed by atoms with Crippen molar-refractivity contribution >= 4 is 11.8 Å². The standard InChI is InChI=1S/C18H19FN4O2/c1-20-17(24)15-6-5-13(10-22-15)18(25)23-8-7-21-11-16(23)12-3-2-4-14(19)9-12/h2-6,9-10,16,21H,7-8,11H2,1H3,(H,20,24). The molecule has 6 nitrogen and oxygen atoms in total. The minimum atomic E-state index is -0.327. The third-order valence-corrected chi connectivity index (χ3v) is 4.21. The van der Waals surface area contributed by atoms with E-state index in [1.54, 1.807) is 17.0 Å². The number of nitrogens with one attached hydrogen (secondary N) is 2. The molecule has 1 unspecified atom stereocenters. The summed E-state index contributed by atoms with van der Waals surface area (Å²) in [5, 5.41) is 5.72. The van der Waals surface area contributed by atoms with Gasteiger partial charge in [0.1, 0.15) is 11.5 Å². The first-order chi connectivity index (χ1) is 12.1. The highest BCUT2D eigenvalue weighted by atomic mass is 19.1. The molecular formula is C18H19FN4O2. The fourth-order valence-corrected chi connectivity index (χ4v) is 2.91. The Balaban J connectivity index is 1.84. The van der Waals surface area contributed by atoms with Gasteiger partial charge in [-0.1, -0.05) is 12.1 Å².